The summed E-state index contributed by atoms with van der Waals surface area (Å²) in [6.45, 7) is 11.4. The summed E-state index contributed by atoms with van der Waals surface area (Å²) in [4.78, 5) is 18.0. The Morgan fingerprint density at radius 2 is 1.91 bits per heavy atom. The van der Waals surface area contributed by atoms with Crippen molar-refractivity contribution in [3.8, 4) is 0 Å². The van der Waals surface area contributed by atoms with Crippen LogP contribution in [-0.4, -0.2) is 47.4 Å². The number of nitrogens with zero attached hydrogens (tertiary/aromatic N) is 2. The lowest BCUT2D eigenvalue weighted by atomic mass is 9.92. The smallest absolute Gasteiger partial charge is 0.251 e. The van der Waals surface area contributed by atoms with E-state index in [1.54, 1.807) is 12.1 Å². The van der Waals surface area contributed by atoms with Crippen molar-refractivity contribution in [2.75, 3.05) is 19.6 Å². The quantitative estimate of drug-likeness (QED) is 0.458. The maximum Gasteiger partial charge on any atom is 0.251 e. The number of piperazine rings is 1. The Morgan fingerprint density at radius 1 is 1.11 bits per heavy atom. The van der Waals surface area contributed by atoms with Crippen molar-refractivity contribution in [1.29, 1.82) is 0 Å². The second kappa shape index (κ2) is 11.4. The number of hydrogen-bond donors (Lipinski definition) is 1. The van der Waals surface area contributed by atoms with Gasteiger partial charge in [-0.25, -0.2) is 4.39 Å². The normalized spacial score (nSPS) is 19.7. The maximum atomic E-state index is 13.5. The molecule has 0 aromatic heterocycles. The fourth-order valence-corrected chi connectivity index (χ4v) is 4.94. The number of amides is 1. The predicted octanol–water partition coefficient (Wildman–Crippen LogP) is 5.23. The Bertz CT molecular complexity index is 1150. The number of benzene rings is 3. The van der Waals surface area contributed by atoms with Crippen LogP contribution < -0.4 is 5.32 Å². The molecule has 0 bridgehead atoms. The van der Waals surface area contributed by atoms with Gasteiger partial charge in [-0.2, -0.15) is 0 Å². The van der Waals surface area contributed by atoms with Crippen LogP contribution in [0.25, 0.3) is 0 Å². The molecule has 1 heterocycles. The SMILES string of the molecule is C=CCN1C[C@H](C)N([C@H](c2c[c]ccc2)c2cccc(C(=O)NCc3cccc(F)c3)c2)C[C@H]1C. The molecule has 1 saturated heterocycles. The number of carbonyl (C=O) groups is 1. The average Bonchev–Trinajstić information content (AvgIpc) is 2.86. The molecule has 1 N–H and O–H groups in total. The molecule has 181 valence electrons. The topological polar surface area (TPSA) is 35.6 Å². The molecule has 0 unspecified atom stereocenters. The predicted molar refractivity (Wildman–Crippen MR) is 139 cm³/mol. The molecule has 0 aliphatic carbocycles. The second-order valence-electron chi connectivity index (χ2n) is 9.31. The highest BCUT2D eigenvalue weighted by atomic mass is 19.1. The van der Waals surface area contributed by atoms with Gasteiger partial charge in [0.05, 0.1) is 6.04 Å². The number of hydrogen-bond acceptors (Lipinski definition) is 3. The molecule has 3 atom stereocenters. The monoisotopic (exact) mass is 470 g/mol. The van der Waals surface area contributed by atoms with Crippen LogP contribution in [-0.2, 0) is 6.54 Å². The Labute approximate surface area is 208 Å². The first kappa shape index (κ1) is 24.8. The van der Waals surface area contributed by atoms with Crippen LogP contribution in [0.5, 0.6) is 0 Å². The fraction of sp³-hybridized carbons (Fsp3) is 0.300. The number of rotatable bonds is 8. The standard InChI is InChI=1S/C30H33FN3O/c1-4-16-33-20-23(3)34(21-22(33)2)29(25-11-6-5-7-12-25)26-13-9-14-27(18-26)30(35)32-19-24-10-8-15-28(31)17-24/h4-6,8-15,17-18,22-23,29H,1,16,19-21H2,2-3H3,(H,32,35)/t22-,23+,29-/m1/s1. The molecule has 1 aliphatic heterocycles. The summed E-state index contributed by atoms with van der Waals surface area (Å²) in [6.07, 6.45) is 1.97. The van der Waals surface area contributed by atoms with Crippen LogP contribution in [0.2, 0.25) is 0 Å². The van der Waals surface area contributed by atoms with Crippen LogP contribution in [0.3, 0.4) is 0 Å². The maximum absolute atomic E-state index is 13.5. The first-order chi connectivity index (χ1) is 17.0. The lowest BCUT2D eigenvalue weighted by Crippen LogP contribution is -2.57. The van der Waals surface area contributed by atoms with E-state index in [-0.39, 0.29) is 24.3 Å². The Kier molecular flexibility index (Phi) is 8.11. The zero-order valence-corrected chi connectivity index (χ0v) is 20.5. The van der Waals surface area contributed by atoms with Gasteiger partial charge in [-0.15, -0.1) is 6.58 Å². The van der Waals surface area contributed by atoms with Crippen LogP contribution in [0.1, 0.15) is 46.9 Å². The average molecular weight is 471 g/mol. The van der Waals surface area contributed by atoms with E-state index in [2.05, 4.69) is 53.7 Å². The van der Waals surface area contributed by atoms with E-state index in [1.165, 1.54) is 12.1 Å². The molecular weight excluding hydrogens is 437 g/mol. The molecule has 4 rings (SSSR count). The first-order valence-electron chi connectivity index (χ1n) is 12.2. The molecule has 5 heteroatoms. The summed E-state index contributed by atoms with van der Waals surface area (Å²) in [5, 5.41) is 2.92. The van der Waals surface area contributed by atoms with Crippen molar-refractivity contribution in [3.05, 3.63) is 120 Å². The van der Waals surface area contributed by atoms with E-state index in [9.17, 15) is 9.18 Å². The lowest BCUT2D eigenvalue weighted by Gasteiger charge is -2.47. The van der Waals surface area contributed by atoms with Gasteiger partial charge >= 0.3 is 0 Å². The highest BCUT2D eigenvalue weighted by molar-refractivity contribution is 5.94. The highest BCUT2D eigenvalue weighted by Crippen LogP contribution is 2.33. The second-order valence-corrected chi connectivity index (χ2v) is 9.31. The summed E-state index contributed by atoms with van der Waals surface area (Å²) >= 11 is 0. The molecule has 3 aromatic carbocycles. The Hall–Kier alpha value is -3.28. The van der Waals surface area contributed by atoms with Gasteiger partial charge in [0.25, 0.3) is 5.91 Å². The van der Waals surface area contributed by atoms with Crippen molar-refractivity contribution in [3.63, 3.8) is 0 Å². The number of carbonyl (C=O) groups excluding carboxylic acids is 1. The number of nitrogens with one attached hydrogen (secondary N) is 1. The molecule has 1 aliphatic rings. The van der Waals surface area contributed by atoms with Gasteiger partial charge in [0.2, 0.25) is 0 Å². The Balaban J connectivity index is 1.59. The number of halogens is 1. The fourth-order valence-electron chi connectivity index (χ4n) is 4.94. The third kappa shape index (κ3) is 6.05. The minimum Gasteiger partial charge on any atom is -0.348 e. The third-order valence-corrected chi connectivity index (χ3v) is 6.71. The van der Waals surface area contributed by atoms with E-state index in [0.717, 1.165) is 36.3 Å². The van der Waals surface area contributed by atoms with Gasteiger partial charge < -0.3 is 5.32 Å². The molecule has 4 nitrogen and oxygen atoms in total. The summed E-state index contributed by atoms with van der Waals surface area (Å²) in [6, 6.07) is 26.1. The molecule has 1 amide bonds. The summed E-state index contributed by atoms with van der Waals surface area (Å²) in [7, 11) is 0. The van der Waals surface area contributed by atoms with Crippen molar-refractivity contribution in [1.82, 2.24) is 15.1 Å². The van der Waals surface area contributed by atoms with Gasteiger partial charge in [0.15, 0.2) is 0 Å². The molecule has 35 heavy (non-hydrogen) atoms. The summed E-state index contributed by atoms with van der Waals surface area (Å²) in [5.41, 5.74) is 3.54. The van der Waals surface area contributed by atoms with E-state index in [1.807, 2.05) is 42.5 Å². The molecule has 0 spiro atoms. The van der Waals surface area contributed by atoms with Gasteiger partial charge in [-0.05, 0) is 66.9 Å². The van der Waals surface area contributed by atoms with E-state index >= 15 is 0 Å². The zero-order valence-electron chi connectivity index (χ0n) is 20.5. The van der Waals surface area contributed by atoms with E-state index in [4.69, 9.17) is 0 Å². The summed E-state index contributed by atoms with van der Waals surface area (Å²) < 4.78 is 13.5. The minimum atomic E-state index is -0.308. The highest BCUT2D eigenvalue weighted by Gasteiger charge is 2.34. The lowest BCUT2D eigenvalue weighted by molar-refractivity contribution is 0.0306. The van der Waals surface area contributed by atoms with Gasteiger partial charge in [0, 0.05) is 43.8 Å². The van der Waals surface area contributed by atoms with Gasteiger partial charge in [0.1, 0.15) is 5.82 Å². The molecular formula is C30H33FN3O. The van der Waals surface area contributed by atoms with Crippen LogP contribution in [0, 0.1) is 11.9 Å². The van der Waals surface area contributed by atoms with Crippen molar-refractivity contribution in [2.24, 2.45) is 0 Å². The Morgan fingerprint density at radius 3 is 2.66 bits per heavy atom. The van der Waals surface area contributed by atoms with E-state index in [0.29, 0.717) is 17.6 Å². The third-order valence-electron chi connectivity index (χ3n) is 6.71. The van der Waals surface area contributed by atoms with E-state index < -0.39 is 0 Å². The zero-order chi connectivity index (χ0) is 24.8. The molecule has 0 saturated carbocycles. The van der Waals surface area contributed by atoms with Gasteiger partial charge in [-0.1, -0.05) is 48.5 Å². The molecule has 3 aromatic rings. The van der Waals surface area contributed by atoms with Crippen molar-refractivity contribution < 1.29 is 9.18 Å². The van der Waals surface area contributed by atoms with Crippen LogP contribution in [0.4, 0.5) is 4.39 Å². The largest absolute Gasteiger partial charge is 0.348 e. The summed E-state index contributed by atoms with van der Waals surface area (Å²) in [5.74, 6) is -0.482. The van der Waals surface area contributed by atoms with Gasteiger partial charge in [-0.3, -0.25) is 14.6 Å². The first-order valence-corrected chi connectivity index (χ1v) is 12.2. The van der Waals surface area contributed by atoms with Crippen molar-refractivity contribution >= 4 is 5.91 Å². The van der Waals surface area contributed by atoms with Crippen LogP contribution >= 0.6 is 0 Å². The van der Waals surface area contributed by atoms with Crippen LogP contribution in [0.15, 0.2) is 85.5 Å². The minimum absolute atomic E-state index is 0.00625. The van der Waals surface area contributed by atoms with Crippen molar-refractivity contribution in [2.45, 2.75) is 38.5 Å². The molecule has 1 radical (unpaired) electrons. The molecule has 1 fully saturated rings.